The molecule has 0 atom stereocenters. The Kier molecular flexibility index (Phi) is 4.46. The minimum atomic E-state index is 0.289. The van der Waals surface area contributed by atoms with Crippen LogP contribution in [0, 0.1) is 11.8 Å². The van der Waals surface area contributed by atoms with Gasteiger partial charge in [-0.3, -0.25) is 0 Å². The van der Waals surface area contributed by atoms with Gasteiger partial charge in [0.1, 0.15) is 6.29 Å². The van der Waals surface area contributed by atoms with Crippen LogP contribution in [0.1, 0.15) is 17.5 Å². The Morgan fingerprint density at radius 1 is 1.36 bits per heavy atom. The highest BCUT2D eigenvalue weighted by atomic mass is 16.1. The zero-order valence-corrected chi connectivity index (χ0v) is 7.99. The number of carbonyl (C=O) groups is 1. The summed E-state index contributed by atoms with van der Waals surface area (Å²) in [5.41, 5.74) is 7.60. The van der Waals surface area contributed by atoms with Crippen molar-refractivity contribution in [2.45, 2.75) is 12.8 Å². The molecular formula is C12H13NO. The number of rotatable bonds is 3. The fourth-order valence-corrected chi connectivity index (χ4v) is 1.20. The van der Waals surface area contributed by atoms with E-state index in [1.165, 1.54) is 0 Å². The summed E-state index contributed by atoms with van der Waals surface area (Å²) in [4.78, 5) is 10.1. The molecule has 0 aliphatic heterocycles. The Morgan fingerprint density at radius 2 is 2.14 bits per heavy atom. The van der Waals surface area contributed by atoms with Crippen LogP contribution in [0.3, 0.4) is 0 Å². The summed E-state index contributed by atoms with van der Waals surface area (Å²) in [5, 5.41) is 0. The maximum absolute atomic E-state index is 10.1. The monoisotopic (exact) mass is 187 g/mol. The highest BCUT2D eigenvalue weighted by Crippen LogP contribution is 2.07. The van der Waals surface area contributed by atoms with Crippen molar-refractivity contribution in [3.63, 3.8) is 0 Å². The molecule has 0 radical (unpaired) electrons. The molecule has 0 saturated heterocycles. The van der Waals surface area contributed by atoms with E-state index in [4.69, 9.17) is 5.73 Å². The molecule has 1 aromatic rings. The first-order valence-electron chi connectivity index (χ1n) is 4.59. The van der Waals surface area contributed by atoms with Gasteiger partial charge >= 0.3 is 0 Å². The molecule has 14 heavy (non-hydrogen) atoms. The summed E-state index contributed by atoms with van der Waals surface area (Å²) >= 11 is 0. The Bertz CT molecular complexity index is 360. The third kappa shape index (κ3) is 3.04. The molecular weight excluding hydrogens is 174 g/mol. The van der Waals surface area contributed by atoms with E-state index in [9.17, 15) is 4.79 Å². The van der Waals surface area contributed by atoms with Crippen LogP contribution in [0.4, 0.5) is 0 Å². The second-order valence-electron chi connectivity index (χ2n) is 2.87. The van der Waals surface area contributed by atoms with Gasteiger partial charge < -0.3 is 10.5 Å². The first-order chi connectivity index (χ1) is 6.88. The Balaban J connectivity index is 2.85. The average molecular weight is 187 g/mol. The molecule has 0 fully saturated rings. The summed E-state index contributed by atoms with van der Waals surface area (Å²) in [6.07, 6.45) is 1.92. The van der Waals surface area contributed by atoms with E-state index < -0.39 is 0 Å². The van der Waals surface area contributed by atoms with E-state index in [1.54, 1.807) is 0 Å². The summed E-state index contributed by atoms with van der Waals surface area (Å²) < 4.78 is 0. The van der Waals surface area contributed by atoms with Gasteiger partial charge in [0, 0.05) is 5.56 Å². The van der Waals surface area contributed by atoms with Gasteiger partial charge in [-0.15, -0.1) is 0 Å². The maximum Gasteiger partial charge on any atom is 0.131 e. The van der Waals surface area contributed by atoms with E-state index in [1.807, 2.05) is 24.3 Å². The van der Waals surface area contributed by atoms with Gasteiger partial charge in [0.15, 0.2) is 0 Å². The van der Waals surface area contributed by atoms with Crippen LogP contribution in [0.5, 0.6) is 0 Å². The fraction of sp³-hybridized carbons (Fsp3) is 0.250. The van der Waals surface area contributed by atoms with Crippen LogP contribution in [-0.2, 0) is 11.2 Å². The highest BCUT2D eigenvalue weighted by Gasteiger charge is 1.96. The van der Waals surface area contributed by atoms with Gasteiger partial charge in [-0.2, -0.15) is 0 Å². The summed E-state index contributed by atoms with van der Waals surface area (Å²) in [5.74, 6) is 5.75. The van der Waals surface area contributed by atoms with E-state index in [0.29, 0.717) is 6.54 Å². The largest absolute Gasteiger partial charge is 0.330 e. The highest BCUT2D eigenvalue weighted by molar-refractivity contribution is 5.55. The third-order valence-electron chi connectivity index (χ3n) is 1.84. The number of carbonyl (C=O) groups excluding carboxylic acids is 1. The van der Waals surface area contributed by atoms with Gasteiger partial charge in [-0.1, -0.05) is 30.0 Å². The maximum atomic E-state index is 10.1. The van der Waals surface area contributed by atoms with Crippen molar-refractivity contribution in [1.29, 1.82) is 0 Å². The first-order valence-corrected chi connectivity index (χ1v) is 4.59. The van der Waals surface area contributed by atoms with Gasteiger partial charge in [0.25, 0.3) is 0 Å². The van der Waals surface area contributed by atoms with Crippen molar-refractivity contribution in [1.82, 2.24) is 0 Å². The number of aldehydes is 1. The zero-order chi connectivity index (χ0) is 10.2. The summed E-state index contributed by atoms with van der Waals surface area (Å²) in [6.45, 7) is 0.617. The van der Waals surface area contributed by atoms with Crippen molar-refractivity contribution < 1.29 is 4.79 Å². The van der Waals surface area contributed by atoms with Crippen molar-refractivity contribution in [2.75, 3.05) is 6.54 Å². The average Bonchev–Trinajstić information content (AvgIpc) is 2.21. The van der Waals surface area contributed by atoms with Gasteiger partial charge in [-0.05, 0) is 24.6 Å². The molecule has 0 amide bonds. The normalized spacial score (nSPS) is 8.93. The second-order valence-corrected chi connectivity index (χ2v) is 2.87. The molecule has 1 aromatic carbocycles. The van der Waals surface area contributed by atoms with Gasteiger partial charge in [0.05, 0.1) is 6.42 Å². The number of benzene rings is 1. The number of hydrogen-bond acceptors (Lipinski definition) is 2. The van der Waals surface area contributed by atoms with E-state index >= 15 is 0 Å². The molecule has 0 unspecified atom stereocenters. The van der Waals surface area contributed by atoms with Crippen LogP contribution < -0.4 is 5.73 Å². The molecule has 2 nitrogen and oxygen atoms in total. The topological polar surface area (TPSA) is 43.1 Å². The van der Waals surface area contributed by atoms with Gasteiger partial charge in [0.2, 0.25) is 0 Å². The first kappa shape index (κ1) is 10.5. The molecule has 1 rings (SSSR count). The molecule has 0 aliphatic carbocycles. The quantitative estimate of drug-likeness (QED) is 0.569. The Morgan fingerprint density at radius 3 is 2.86 bits per heavy atom. The zero-order valence-electron chi connectivity index (χ0n) is 7.99. The molecule has 0 heterocycles. The molecule has 0 saturated carbocycles. The SMILES string of the molecule is NCCc1ccccc1C#CCC=O. The molecule has 2 heteroatoms. The van der Waals surface area contributed by atoms with Crippen LogP contribution in [-0.4, -0.2) is 12.8 Å². The molecule has 0 bridgehead atoms. The standard InChI is InChI=1S/C12H13NO/c13-9-8-12-6-2-1-5-11(12)7-3-4-10-14/h1-2,5-6,10H,4,8-9,13H2. The third-order valence-corrected chi connectivity index (χ3v) is 1.84. The van der Waals surface area contributed by atoms with Crippen molar-refractivity contribution in [2.24, 2.45) is 5.73 Å². The van der Waals surface area contributed by atoms with Crippen molar-refractivity contribution in [3.8, 4) is 11.8 Å². The predicted octanol–water partition coefficient (Wildman–Crippen LogP) is 1.13. The van der Waals surface area contributed by atoms with Crippen molar-refractivity contribution >= 4 is 6.29 Å². The van der Waals surface area contributed by atoms with Crippen LogP contribution in [0.2, 0.25) is 0 Å². The molecule has 72 valence electrons. The number of nitrogens with two attached hydrogens (primary N) is 1. The van der Waals surface area contributed by atoms with E-state index in [2.05, 4.69) is 11.8 Å². The lowest BCUT2D eigenvalue weighted by atomic mass is 10.1. The van der Waals surface area contributed by atoms with Gasteiger partial charge in [-0.25, -0.2) is 0 Å². The Hall–Kier alpha value is -1.59. The summed E-state index contributed by atoms with van der Waals surface area (Å²) in [7, 11) is 0. The van der Waals surface area contributed by atoms with E-state index in [-0.39, 0.29) is 6.42 Å². The molecule has 0 aliphatic rings. The Labute approximate surface area is 84.1 Å². The molecule has 2 N–H and O–H groups in total. The van der Waals surface area contributed by atoms with E-state index in [0.717, 1.165) is 23.8 Å². The van der Waals surface area contributed by atoms with Crippen LogP contribution in [0.15, 0.2) is 24.3 Å². The predicted molar refractivity (Wildman–Crippen MR) is 56.8 cm³/mol. The lowest BCUT2D eigenvalue weighted by molar-refractivity contribution is -0.107. The minimum Gasteiger partial charge on any atom is -0.330 e. The molecule has 0 aromatic heterocycles. The molecule has 0 spiro atoms. The number of hydrogen-bond donors (Lipinski definition) is 1. The van der Waals surface area contributed by atoms with Crippen LogP contribution in [0.25, 0.3) is 0 Å². The minimum absolute atomic E-state index is 0.289. The lowest BCUT2D eigenvalue weighted by Crippen LogP contribution is -2.03. The smallest absolute Gasteiger partial charge is 0.131 e. The fourth-order valence-electron chi connectivity index (χ4n) is 1.20. The second kappa shape index (κ2) is 5.95. The van der Waals surface area contributed by atoms with Crippen LogP contribution >= 0.6 is 0 Å². The summed E-state index contributed by atoms with van der Waals surface area (Å²) in [6, 6.07) is 7.86. The van der Waals surface area contributed by atoms with Crippen molar-refractivity contribution in [3.05, 3.63) is 35.4 Å². The lowest BCUT2D eigenvalue weighted by Gasteiger charge is -2.00.